The standard InChI is InChI=1S/C10H18N2OS/c13-7-4-2-1-3-5-11-9-10-12-6-8-14-10/h6,8,11,13H,1-5,7,9H2. The highest BCUT2D eigenvalue weighted by atomic mass is 32.1. The lowest BCUT2D eigenvalue weighted by Crippen LogP contribution is -2.14. The molecule has 1 aromatic rings. The first-order valence-electron chi connectivity index (χ1n) is 5.13. The van der Waals surface area contributed by atoms with Gasteiger partial charge in [-0.2, -0.15) is 0 Å². The van der Waals surface area contributed by atoms with Crippen molar-refractivity contribution in [3.05, 3.63) is 16.6 Å². The summed E-state index contributed by atoms with van der Waals surface area (Å²) in [7, 11) is 0. The zero-order valence-electron chi connectivity index (χ0n) is 8.41. The number of hydrogen-bond acceptors (Lipinski definition) is 4. The fourth-order valence-electron chi connectivity index (χ4n) is 1.25. The highest BCUT2D eigenvalue weighted by Gasteiger charge is 1.93. The van der Waals surface area contributed by atoms with Crippen LogP contribution >= 0.6 is 11.3 Å². The number of nitrogens with one attached hydrogen (secondary N) is 1. The second-order valence-electron chi connectivity index (χ2n) is 3.24. The Morgan fingerprint density at radius 1 is 1.29 bits per heavy atom. The quantitative estimate of drug-likeness (QED) is 0.648. The van der Waals surface area contributed by atoms with Crippen LogP contribution in [0.5, 0.6) is 0 Å². The molecule has 80 valence electrons. The Bertz CT molecular complexity index is 214. The predicted octanol–water partition coefficient (Wildman–Crippen LogP) is 1.79. The molecule has 0 aliphatic carbocycles. The largest absolute Gasteiger partial charge is 0.396 e. The van der Waals surface area contributed by atoms with Gasteiger partial charge in [-0.1, -0.05) is 12.8 Å². The predicted molar refractivity (Wildman–Crippen MR) is 59.4 cm³/mol. The van der Waals surface area contributed by atoms with Gasteiger partial charge >= 0.3 is 0 Å². The summed E-state index contributed by atoms with van der Waals surface area (Å²) in [4.78, 5) is 4.19. The molecule has 1 heterocycles. The van der Waals surface area contributed by atoms with E-state index >= 15 is 0 Å². The smallest absolute Gasteiger partial charge is 0.106 e. The van der Waals surface area contributed by atoms with E-state index in [1.807, 2.05) is 11.6 Å². The fourth-order valence-corrected chi connectivity index (χ4v) is 1.84. The maximum Gasteiger partial charge on any atom is 0.106 e. The van der Waals surface area contributed by atoms with Crippen LogP contribution in [0.3, 0.4) is 0 Å². The van der Waals surface area contributed by atoms with E-state index in [-0.39, 0.29) is 0 Å². The number of aromatic nitrogens is 1. The molecular formula is C10H18N2OS. The first kappa shape index (κ1) is 11.6. The summed E-state index contributed by atoms with van der Waals surface area (Å²) in [5, 5.41) is 15.1. The van der Waals surface area contributed by atoms with Crippen LogP contribution in [0, 0.1) is 0 Å². The summed E-state index contributed by atoms with van der Waals surface area (Å²) in [5.74, 6) is 0. The van der Waals surface area contributed by atoms with Crippen LogP contribution in [0.2, 0.25) is 0 Å². The van der Waals surface area contributed by atoms with Gasteiger partial charge in [0.1, 0.15) is 5.01 Å². The Morgan fingerprint density at radius 2 is 2.14 bits per heavy atom. The Balaban J connectivity index is 1.85. The molecule has 0 bridgehead atoms. The maximum absolute atomic E-state index is 8.57. The van der Waals surface area contributed by atoms with Gasteiger partial charge in [-0.3, -0.25) is 0 Å². The Morgan fingerprint density at radius 3 is 2.86 bits per heavy atom. The number of aliphatic hydroxyl groups excluding tert-OH is 1. The third-order valence-corrected chi connectivity index (χ3v) is 2.80. The van der Waals surface area contributed by atoms with Gasteiger partial charge in [-0.25, -0.2) is 4.98 Å². The number of nitrogens with zero attached hydrogens (tertiary/aromatic N) is 1. The van der Waals surface area contributed by atoms with Gasteiger partial charge < -0.3 is 10.4 Å². The van der Waals surface area contributed by atoms with Crippen LogP contribution in [0.25, 0.3) is 0 Å². The third kappa shape index (κ3) is 5.32. The molecule has 1 aromatic heterocycles. The summed E-state index contributed by atoms with van der Waals surface area (Å²) in [5.41, 5.74) is 0. The van der Waals surface area contributed by atoms with Crippen molar-refractivity contribution in [3.8, 4) is 0 Å². The molecule has 0 spiro atoms. The average molecular weight is 214 g/mol. The molecule has 0 amide bonds. The molecule has 0 saturated carbocycles. The van der Waals surface area contributed by atoms with Gasteiger partial charge in [-0.05, 0) is 19.4 Å². The van der Waals surface area contributed by atoms with Crippen molar-refractivity contribution >= 4 is 11.3 Å². The summed E-state index contributed by atoms with van der Waals surface area (Å²) in [6, 6.07) is 0. The van der Waals surface area contributed by atoms with Gasteiger partial charge in [0.25, 0.3) is 0 Å². The molecule has 0 fully saturated rings. The monoisotopic (exact) mass is 214 g/mol. The molecule has 1 rings (SSSR count). The van der Waals surface area contributed by atoms with Crippen molar-refractivity contribution in [2.24, 2.45) is 0 Å². The first-order valence-corrected chi connectivity index (χ1v) is 6.01. The summed E-state index contributed by atoms with van der Waals surface area (Å²) < 4.78 is 0. The van der Waals surface area contributed by atoms with Gasteiger partial charge in [0.15, 0.2) is 0 Å². The number of rotatable bonds is 8. The zero-order chi connectivity index (χ0) is 10.1. The van der Waals surface area contributed by atoms with E-state index in [4.69, 9.17) is 5.11 Å². The lowest BCUT2D eigenvalue weighted by molar-refractivity contribution is 0.282. The normalized spacial score (nSPS) is 10.6. The number of hydrogen-bond donors (Lipinski definition) is 2. The van der Waals surface area contributed by atoms with Gasteiger partial charge in [0.05, 0.1) is 0 Å². The SMILES string of the molecule is OCCCCCCNCc1nccs1. The van der Waals surface area contributed by atoms with E-state index in [1.54, 1.807) is 11.3 Å². The van der Waals surface area contributed by atoms with E-state index in [1.165, 1.54) is 12.8 Å². The molecule has 4 heteroatoms. The molecule has 2 N–H and O–H groups in total. The van der Waals surface area contributed by atoms with Crippen LogP contribution in [-0.4, -0.2) is 23.2 Å². The Kier molecular flexibility index (Phi) is 6.57. The van der Waals surface area contributed by atoms with Crippen molar-refractivity contribution in [1.82, 2.24) is 10.3 Å². The molecule has 14 heavy (non-hydrogen) atoms. The van der Waals surface area contributed by atoms with E-state index in [0.717, 1.165) is 30.9 Å². The van der Waals surface area contributed by atoms with E-state index < -0.39 is 0 Å². The van der Waals surface area contributed by atoms with E-state index in [2.05, 4.69) is 10.3 Å². The van der Waals surface area contributed by atoms with Crippen LogP contribution in [0.15, 0.2) is 11.6 Å². The first-order chi connectivity index (χ1) is 6.93. The number of thiazole rings is 1. The molecular weight excluding hydrogens is 196 g/mol. The summed E-state index contributed by atoms with van der Waals surface area (Å²) in [6.45, 7) is 2.26. The third-order valence-electron chi connectivity index (χ3n) is 2.02. The fraction of sp³-hybridized carbons (Fsp3) is 0.700. The van der Waals surface area contributed by atoms with Crippen molar-refractivity contribution < 1.29 is 5.11 Å². The maximum atomic E-state index is 8.57. The van der Waals surface area contributed by atoms with Crippen molar-refractivity contribution in [1.29, 1.82) is 0 Å². The highest BCUT2D eigenvalue weighted by molar-refractivity contribution is 7.09. The lowest BCUT2D eigenvalue weighted by Gasteiger charge is -2.01. The van der Waals surface area contributed by atoms with Crippen molar-refractivity contribution in [3.63, 3.8) is 0 Å². The molecule has 0 radical (unpaired) electrons. The Hall–Kier alpha value is -0.450. The lowest BCUT2D eigenvalue weighted by atomic mass is 10.2. The summed E-state index contributed by atoms with van der Waals surface area (Å²) in [6.07, 6.45) is 6.29. The van der Waals surface area contributed by atoms with Crippen molar-refractivity contribution in [2.45, 2.75) is 32.2 Å². The van der Waals surface area contributed by atoms with E-state index in [0.29, 0.717) is 6.61 Å². The number of aliphatic hydroxyl groups is 1. The minimum Gasteiger partial charge on any atom is -0.396 e. The minimum atomic E-state index is 0.326. The van der Waals surface area contributed by atoms with Crippen LogP contribution in [0.1, 0.15) is 30.7 Å². The molecule has 0 unspecified atom stereocenters. The average Bonchev–Trinajstić information content (AvgIpc) is 2.69. The molecule has 0 aliphatic rings. The van der Waals surface area contributed by atoms with Crippen LogP contribution in [0.4, 0.5) is 0 Å². The molecule has 0 saturated heterocycles. The molecule has 3 nitrogen and oxygen atoms in total. The van der Waals surface area contributed by atoms with Gasteiger partial charge in [0, 0.05) is 24.7 Å². The second kappa shape index (κ2) is 7.91. The van der Waals surface area contributed by atoms with Gasteiger partial charge in [0.2, 0.25) is 0 Å². The Labute approximate surface area is 89.2 Å². The van der Waals surface area contributed by atoms with Crippen LogP contribution in [-0.2, 0) is 6.54 Å². The van der Waals surface area contributed by atoms with E-state index in [9.17, 15) is 0 Å². The molecule has 0 atom stereocenters. The topological polar surface area (TPSA) is 45.1 Å². The molecule has 0 aromatic carbocycles. The van der Waals surface area contributed by atoms with Crippen LogP contribution < -0.4 is 5.32 Å². The zero-order valence-corrected chi connectivity index (χ0v) is 9.22. The minimum absolute atomic E-state index is 0.326. The summed E-state index contributed by atoms with van der Waals surface area (Å²) >= 11 is 1.69. The van der Waals surface area contributed by atoms with Crippen molar-refractivity contribution in [2.75, 3.05) is 13.2 Å². The highest BCUT2D eigenvalue weighted by Crippen LogP contribution is 2.03. The molecule has 0 aliphatic heterocycles. The van der Waals surface area contributed by atoms with Gasteiger partial charge in [-0.15, -0.1) is 11.3 Å². The second-order valence-corrected chi connectivity index (χ2v) is 4.22. The number of unbranched alkanes of at least 4 members (excludes halogenated alkanes) is 3.